The molecule has 5 rings (SSSR count). The van der Waals surface area contributed by atoms with Crippen LogP contribution in [0.1, 0.15) is 45.8 Å². The number of amides is 1. The standard InChI is InChI=1S/C15H19FN2O3S.C14H14O2S/c1-22(20)18-15(19)12-4-11(10-2-3-10)14(5-13(12)16)21-8-9-6-17-7-9;1-17(15,16)14-9-7-13(8-10-14)11-12-5-3-2-4-6-12/h4-5,9-10,17H,2-3,6-8H2,1H3,(H,18,19);2-10H,11H2,1H3. The molecule has 2 fully saturated rings. The number of hydrogen-bond acceptors (Lipinski definition) is 6. The first kappa shape index (κ1) is 28.9. The summed E-state index contributed by atoms with van der Waals surface area (Å²) in [5.41, 5.74) is 3.14. The van der Waals surface area contributed by atoms with E-state index < -0.39 is 32.5 Å². The highest BCUT2D eigenvalue weighted by Gasteiger charge is 2.30. The summed E-state index contributed by atoms with van der Waals surface area (Å²) in [5.74, 6) is 0.0134. The Bertz CT molecular complexity index is 1420. The van der Waals surface area contributed by atoms with E-state index in [9.17, 15) is 21.8 Å². The second-order valence-electron chi connectivity index (χ2n) is 9.94. The van der Waals surface area contributed by atoms with Crippen LogP contribution in [0.3, 0.4) is 0 Å². The maximum absolute atomic E-state index is 14.2. The van der Waals surface area contributed by atoms with Crippen LogP contribution in [0.5, 0.6) is 5.75 Å². The first-order valence-corrected chi connectivity index (χ1v) is 16.2. The number of ether oxygens (including phenoxy) is 1. The Balaban J connectivity index is 0.000000187. The third-order valence-corrected chi connectivity index (χ3v) is 8.14. The summed E-state index contributed by atoms with van der Waals surface area (Å²) in [6.45, 7) is 2.39. The van der Waals surface area contributed by atoms with E-state index in [1.165, 1.54) is 24.1 Å². The number of carbonyl (C=O) groups is 1. The van der Waals surface area contributed by atoms with Crippen molar-refractivity contribution in [2.24, 2.45) is 5.92 Å². The van der Waals surface area contributed by atoms with Crippen LogP contribution in [0.15, 0.2) is 71.6 Å². The molecule has 208 valence electrons. The highest BCUT2D eigenvalue weighted by Crippen LogP contribution is 2.45. The van der Waals surface area contributed by atoms with Crippen LogP contribution in [-0.4, -0.2) is 50.7 Å². The van der Waals surface area contributed by atoms with Gasteiger partial charge in [0.1, 0.15) is 22.6 Å². The molecule has 1 atom stereocenters. The number of nitrogens with one attached hydrogen (secondary N) is 2. The van der Waals surface area contributed by atoms with E-state index in [1.54, 1.807) is 18.2 Å². The molecule has 10 heteroatoms. The van der Waals surface area contributed by atoms with Crippen LogP contribution in [-0.2, 0) is 27.2 Å². The molecule has 1 heterocycles. The largest absolute Gasteiger partial charge is 0.493 e. The van der Waals surface area contributed by atoms with Crippen molar-refractivity contribution in [1.29, 1.82) is 0 Å². The molecule has 3 aromatic carbocycles. The van der Waals surface area contributed by atoms with E-state index in [1.807, 2.05) is 30.3 Å². The molecule has 0 aromatic heterocycles. The number of hydrogen-bond donors (Lipinski definition) is 2. The van der Waals surface area contributed by atoms with Crippen molar-refractivity contribution < 1.29 is 26.5 Å². The molecule has 1 unspecified atom stereocenters. The van der Waals surface area contributed by atoms with Gasteiger partial charge in [-0.15, -0.1) is 0 Å². The second kappa shape index (κ2) is 12.8. The van der Waals surface area contributed by atoms with Crippen LogP contribution in [0, 0.1) is 11.7 Å². The number of rotatable bonds is 9. The lowest BCUT2D eigenvalue weighted by Gasteiger charge is -2.27. The van der Waals surface area contributed by atoms with Crippen molar-refractivity contribution in [3.05, 3.63) is 94.8 Å². The minimum Gasteiger partial charge on any atom is -0.493 e. The minimum absolute atomic E-state index is 0.0743. The summed E-state index contributed by atoms with van der Waals surface area (Å²) in [4.78, 5) is 12.3. The van der Waals surface area contributed by atoms with Crippen molar-refractivity contribution in [3.63, 3.8) is 0 Å². The molecule has 2 N–H and O–H groups in total. The molecule has 2 aliphatic rings. The molecule has 1 saturated carbocycles. The van der Waals surface area contributed by atoms with E-state index in [-0.39, 0.29) is 5.56 Å². The van der Waals surface area contributed by atoms with Gasteiger partial charge >= 0.3 is 0 Å². The zero-order valence-corrected chi connectivity index (χ0v) is 23.6. The van der Waals surface area contributed by atoms with Crippen LogP contribution in [0.25, 0.3) is 0 Å². The van der Waals surface area contributed by atoms with Crippen LogP contribution >= 0.6 is 0 Å². The van der Waals surface area contributed by atoms with Gasteiger partial charge in [-0.05, 0) is 60.1 Å². The van der Waals surface area contributed by atoms with E-state index in [0.29, 0.717) is 29.1 Å². The maximum Gasteiger partial charge on any atom is 0.265 e. The number of benzene rings is 3. The van der Waals surface area contributed by atoms with Crippen LogP contribution in [0.4, 0.5) is 4.39 Å². The van der Waals surface area contributed by atoms with Crippen LogP contribution < -0.4 is 14.8 Å². The quantitative estimate of drug-likeness (QED) is 0.402. The summed E-state index contributed by atoms with van der Waals surface area (Å²) in [6.07, 6.45) is 5.42. The molecule has 3 aromatic rings. The Labute approximate surface area is 231 Å². The van der Waals surface area contributed by atoms with Gasteiger partial charge in [0.2, 0.25) is 0 Å². The van der Waals surface area contributed by atoms with Gasteiger partial charge in [0.05, 0.1) is 17.1 Å². The normalized spacial score (nSPS) is 15.9. The number of halogens is 1. The number of carbonyl (C=O) groups excluding carboxylic acids is 1. The summed E-state index contributed by atoms with van der Waals surface area (Å²) < 4.78 is 55.9. The van der Waals surface area contributed by atoms with Crippen molar-refractivity contribution >= 4 is 26.7 Å². The lowest BCUT2D eigenvalue weighted by atomic mass is 10.0. The second-order valence-corrected chi connectivity index (χ2v) is 13.1. The fourth-order valence-corrected chi connectivity index (χ4v) is 5.13. The third kappa shape index (κ3) is 8.45. The molecule has 1 aliphatic carbocycles. The van der Waals surface area contributed by atoms with E-state index in [4.69, 9.17) is 4.74 Å². The monoisotopic (exact) mass is 572 g/mol. The lowest BCUT2D eigenvalue weighted by molar-refractivity contribution is 0.0979. The average Bonchev–Trinajstić information content (AvgIpc) is 3.69. The maximum atomic E-state index is 14.2. The molecule has 1 aliphatic heterocycles. The summed E-state index contributed by atoms with van der Waals surface area (Å²) in [6, 6.07) is 20.0. The van der Waals surface area contributed by atoms with E-state index in [0.717, 1.165) is 43.5 Å². The summed E-state index contributed by atoms with van der Waals surface area (Å²) >= 11 is 0. The number of sulfone groups is 1. The molecule has 7 nitrogen and oxygen atoms in total. The Kier molecular flexibility index (Phi) is 9.53. The average molecular weight is 573 g/mol. The summed E-state index contributed by atoms with van der Waals surface area (Å²) in [5, 5.41) is 3.16. The first-order valence-electron chi connectivity index (χ1n) is 12.7. The van der Waals surface area contributed by atoms with Gasteiger partial charge < -0.3 is 10.1 Å². The zero-order valence-electron chi connectivity index (χ0n) is 22.0. The van der Waals surface area contributed by atoms with Gasteiger partial charge in [-0.1, -0.05) is 42.5 Å². The highest BCUT2D eigenvalue weighted by molar-refractivity contribution is 7.90. The summed E-state index contributed by atoms with van der Waals surface area (Å²) in [7, 11) is -4.61. The topological polar surface area (TPSA) is 102 Å². The Morgan fingerprint density at radius 1 is 1.05 bits per heavy atom. The first-order chi connectivity index (χ1) is 18.6. The van der Waals surface area contributed by atoms with Crippen molar-refractivity contribution in [2.75, 3.05) is 32.2 Å². The molecule has 39 heavy (non-hydrogen) atoms. The van der Waals surface area contributed by atoms with Gasteiger partial charge in [-0.2, -0.15) is 0 Å². The van der Waals surface area contributed by atoms with Gasteiger partial charge in [-0.3, -0.25) is 9.52 Å². The van der Waals surface area contributed by atoms with E-state index in [2.05, 4.69) is 22.2 Å². The van der Waals surface area contributed by atoms with Crippen molar-refractivity contribution in [1.82, 2.24) is 10.0 Å². The molecule has 1 saturated heterocycles. The molecule has 0 bridgehead atoms. The molecule has 0 radical (unpaired) electrons. The molecular weight excluding hydrogens is 539 g/mol. The Morgan fingerprint density at radius 3 is 2.23 bits per heavy atom. The van der Waals surface area contributed by atoms with Gasteiger partial charge in [0, 0.05) is 37.6 Å². The fourth-order valence-electron chi connectivity index (χ4n) is 4.13. The highest BCUT2D eigenvalue weighted by atomic mass is 32.2. The van der Waals surface area contributed by atoms with Gasteiger partial charge in [0.15, 0.2) is 9.84 Å². The minimum atomic E-state index is -3.09. The van der Waals surface area contributed by atoms with Gasteiger partial charge in [-0.25, -0.2) is 17.0 Å². The SMILES string of the molecule is CS(=O)(=O)c1ccc(Cc2ccccc2)cc1.CS(=O)NC(=O)c1cc(C2CC2)c(OCC2CNC2)cc1F. The third-order valence-electron chi connectivity index (χ3n) is 6.54. The fraction of sp³-hybridized carbons (Fsp3) is 0.345. The van der Waals surface area contributed by atoms with Crippen LogP contribution in [0.2, 0.25) is 0 Å². The van der Waals surface area contributed by atoms with Gasteiger partial charge in [0.25, 0.3) is 5.91 Å². The van der Waals surface area contributed by atoms with Crippen molar-refractivity contribution in [2.45, 2.75) is 30.1 Å². The predicted molar refractivity (Wildman–Crippen MR) is 151 cm³/mol. The smallest absolute Gasteiger partial charge is 0.265 e. The Morgan fingerprint density at radius 2 is 1.69 bits per heavy atom. The Hall–Kier alpha value is -3.08. The molecular formula is C29H33FN2O5S2. The van der Waals surface area contributed by atoms with Crippen molar-refractivity contribution in [3.8, 4) is 5.75 Å². The molecule has 1 amide bonds. The molecule has 0 spiro atoms. The van der Waals surface area contributed by atoms with E-state index >= 15 is 0 Å². The zero-order chi connectivity index (χ0) is 28.0. The lowest BCUT2D eigenvalue weighted by Crippen LogP contribution is -2.45. The predicted octanol–water partition coefficient (Wildman–Crippen LogP) is 4.01.